The van der Waals surface area contributed by atoms with Gasteiger partial charge in [0.2, 0.25) is 0 Å². The summed E-state index contributed by atoms with van der Waals surface area (Å²) >= 11 is 5.47. The minimum Gasteiger partial charge on any atom is -0.497 e. The maximum Gasteiger partial charge on any atom is 0.119 e. The van der Waals surface area contributed by atoms with E-state index >= 15 is 0 Å². The van der Waals surface area contributed by atoms with Gasteiger partial charge in [-0.05, 0) is 47.9 Å². The van der Waals surface area contributed by atoms with Gasteiger partial charge in [0.25, 0.3) is 0 Å². The van der Waals surface area contributed by atoms with E-state index in [0.717, 1.165) is 23.9 Å². The van der Waals surface area contributed by atoms with Crippen LogP contribution in [0.4, 0.5) is 0 Å². The number of halogens is 1. The first kappa shape index (κ1) is 13.6. The predicted octanol–water partition coefficient (Wildman–Crippen LogP) is 4.55. The number of benzene rings is 1. The van der Waals surface area contributed by atoms with Crippen molar-refractivity contribution in [2.45, 2.75) is 12.8 Å². The Hall–Kier alpha value is -0.800. The maximum atomic E-state index is 5.27. The zero-order valence-electron chi connectivity index (χ0n) is 10.4. The van der Waals surface area contributed by atoms with Crippen LogP contribution in [-0.2, 0) is 12.8 Å². The molecule has 0 aliphatic heterocycles. The molecule has 1 heterocycles. The fourth-order valence-corrected chi connectivity index (χ4v) is 3.31. The van der Waals surface area contributed by atoms with Gasteiger partial charge in [-0.2, -0.15) is 0 Å². The molecular weight excluding hydrogens is 308 g/mol. The summed E-state index contributed by atoms with van der Waals surface area (Å²) in [6.07, 6.45) is 2.22. The number of methoxy groups -OCH3 is 1. The standard InChI is InChI=1S/C15H17BrOS/c1-17-14-5-2-4-12(9-14)8-13(11-16)10-15-6-3-7-18-15/h2-7,9,13H,8,10-11H2,1H3. The molecule has 18 heavy (non-hydrogen) atoms. The van der Waals surface area contributed by atoms with Gasteiger partial charge >= 0.3 is 0 Å². The molecule has 1 nitrogen and oxygen atoms in total. The Kier molecular flexibility index (Phi) is 5.26. The van der Waals surface area contributed by atoms with Gasteiger partial charge in [-0.15, -0.1) is 11.3 Å². The van der Waals surface area contributed by atoms with Crippen LogP contribution in [0.1, 0.15) is 10.4 Å². The summed E-state index contributed by atoms with van der Waals surface area (Å²) in [7, 11) is 1.72. The van der Waals surface area contributed by atoms with Crippen LogP contribution in [0.2, 0.25) is 0 Å². The molecule has 96 valence electrons. The molecule has 0 aliphatic rings. The lowest BCUT2D eigenvalue weighted by atomic mass is 9.97. The third kappa shape index (κ3) is 3.85. The normalized spacial score (nSPS) is 12.3. The van der Waals surface area contributed by atoms with Gasteiger partial charge in [-0.3, -0.25) is 0 Å². The van der Waals surface area contributed by atoms with Crippen LogP contribution in [0.5, 0.6) is 5.75 Å². The van der Waals surface area contributed by atoms with Crippen molar-refractivity contribution in [2.24, 2.45) is 5.92 Å². The molecule has 0 amide bonds. The molecule has 2 rings (SSSR count). The molecule has 0 saturated heterocycles. The largest absolute Gasteiger partial charge is 0.497 e. The first-order valence-corrected chi connectivity index (χ1v) is 8.03. The van der Waals surface area contributed by atoms with E-state index in [9.17, 15) is 0 Å². The molecule has 1 unspecified atom stereocenters. The second kappa shape index (κ2) is 6.95. The molecule has 0 saturated carbocycles. The molecule has 1 aromatic carbocycles. The molecule has 0 aliphatic carbocycles. The lowest BCUT2D eigenvalue weighted by molar-refractivity contribution is 0.414. The molecule has 0 bridgehead atoms. The van der Waals surface area contributed by atoms with E-state index in [0.29, 0.717) is 5.92 Å². The van der Waals surface area contributed by atoms with Crippen molar-refractivity contribution in [3.63, 3.8) is 0 Å². The smallest absolute Gasteiger partial charge is 0.119 e. The molecule has 0 fully saturated rings. The van der Waals surface area contributed by atoms with Crippen molar-refractivity contribution in [3.05, 3.63) is 52.2 Å². The molecule has 1 aromatic heterocycles. The Morgan fingerprint density at radius 2 is 2.11 bits per heavy atom. The molecule has 3 heteroatoms. The van der Waals surface area contributed by atoms with Gasteiger partial charge in [-0.1, -0.05) is 34.1 Å². The summed E-state index contributed by atoms with van der Waals surface area (Å²) in [4.78, 5) is 1.46. The van der Waals surface area contributed by atoms with E-state index in [2.05, 4.69) is 51.6 Å². The number of hydrogen-bond donors (Lipinski definition) is 0. The molecule has 0 spiro atoms. The Morgan fingerprint density at radius 1 is 1.22 bits per heavy atom. The highest BCUT2D eigenvalue weighted by molar-refractivity contribution is 9.09. The summed E-state index contributed by atoms with van der Waals surface area (Å²) in [5.74, 6) is 1.58. The minimum absolute atomic E-state index is 0.635. The summed E-state index contributed by atoms with van der Waals surface area (Å²) < 4.78 is 5.27. The van der Waals surface area contributed by atoms with Crippen molar-refractivity contribution in [3.8, 4) is 5.75 Å². The van der Waals surface area contributed by atoms with Crippen LogP contribution >= 0.6 is 27.3 Å². The summed E-state index contributed by atoms with van der Waals surface area (Å²) in [5, 5.41) is 3.17. The van der Waals surface area contributed by atoms with Crippen LogP contribution in [0.25, 0.3) is 0 Å². The topological polar surface area (TPSA) is 9.23 Å². The number of thiophene rings is 1. The quantitative estimate of drug-likeness (QED) is 0.708. The maximum absolute atomic E-state index is 5.27. The van der Waals surface area contributed by atoms with E-state index in [1.165, 1.54) is 10.4 Å². The van der Waals surface area contributed by atoms with Crippen molar-refractivity contribution in [1.82, 2.24) is 0 Å². The molecular formula is C15H17BrOS. The van der Waals surface area contributed by atoms with E-state index < -0.39 is 0 Å². The first-order chi connectivity index (χ1) is 8.81. The van der Waals surface area contributed by atoms with Gasteiger partial charge in [-0.25, -0.2) is 0 Å². The molecule has 0 N–H and O–H groups in total. The second-order valence-corrected chi connectivity index (χ2v) is 6.04. The number of alkyl halides is 1. The zero-order chi connectivity index (χ0) is 12.8. The number of rotatable bonds is 6. The molecule has 2 aromatic rings. The highest BCUT2D eigenvalue weighted by Gasteiger charge is 2.10. The average Bonchev–Trinajstić information content (AvgIpc) is 2.91. The van der Waals surface area contributed by atoms with Crippen LogP contribution in [0.3, 0.4) is 0 Å². The lowest BCUT2D eigenvalue weighted by Crippen LogP contribution is -2.09. The lowest BCUT2D eigenvalue weighted by Gasteiger charge is -2.13. The number of hydrogen-bond acceptors (Lipinski definition) is 2. The monoisotopic (exact) mass is 324 g/mol. The van der Waals surface area contributed by atoms with Crippen molar-refractivity contribution < 1.29 is 4.74 Å². The third-order valence-corrected chi connectivity index (χ3v) is 4.76. The van der Waals surface area contributed by atoms with Crippen molar-refractivity contribution >= 4 is 27.3 Å². The van der Waals surface area contributed by atoms with Crippen LogP contribution in [-0.4, -0.2) is 12.4 Å². The Bertz CT molecular complexity index is 467. The second-order valence-electron chi connectivity index (χ2n) is 4.36. The first-order valence-electron chi connectivity index (χ1n) is 6.03. The van der Waals surface area contributed by atoms with Gasteiger partial charge in [0.1, 0.15) is 5.75 Å². The van der Waals surface area contributed by atoms with Gasteiger partial charge in [0, 0.05) is 10.2 Å². The minimum atomic E-state index is 0.635. The third-order valence-electron chi connectivity index (χ3n) is 2.95. The predicted molar refractivity (Wildman–Crippen MR) is 82.0 cm³/mol. The van der Waals surface area contributed by atoms with E-state index in [4.69, 9.17) is 4.74 Å². The van der Waals surface area contributed by atoms with E-state index in [1.807, 2.05) is 17.4 Å². The summed E-state index contributed by atoms with van der Waals surface area (Å²) in [6, 6.07) is 12.7. The summed E-state index contributed by atoms with van der Waals surface area (Å²) in [5.41, 5.74) is 1.34. The Balaban J connectivity index is 2.00. The van der Waals surface area contributed by atoms with Crippen LogP contribution in [0, 0.1) is 5.92 Å². The van der Waals surface area contributed by atoms with Crippen molar-refractivity contribution in [2.75, 3.05) is 12.4 Å². The van der Waals surface area contributed by atoms with E-state index in [1.54, 1.807) is 7.11 Å². The Labute approximate surface area is 121 Å². The van der Waals surface area contributed by atoms with Gasteiger partial charge in [0.15, 0.2) is 0 Å². The highest BCUT2D eigenvalue weighted by Crippen LogP contribution is 2.22. The fourth-order valence-electron chi connectivity index (χ4n) is 2.03. The SMILES string of the molecule is COc1cccc(CC(CBr)Cc2cccs2)c1. The molecule has 0 radical (unpaired) electrons. The van der Waals surface area contributed by atoms with Crippen LogP contribution in [0.15, 0.2) is 41.8 Å². The van der Waals surface area contributed by atoms with Crippen molar-refractivity contribution in [1.29, 1.82) is 0 Å². The Morgan fingerprint density at radius 3 is 2.78 bits per heavy atom. The highest BCUT2D eigenvalue weighted by atomic mass is 79.9. The summed E-state index contributed by atoms with van der Waals surface area (Å²) in [6.45, 7) is 0. The molecule has 1 atom stereocenters. The fraction of sp³-hybridized carbons (Fsp3) is 0.333. The van der Waals surface area contributed by atoms with Gasteiger partial charge in [0.05, 0.1) is 7.11 Å². The van der Waals surface area contributed by atoms with Crippen LogP contribution < -0.4 is 4.74 Å². The van der Waals surface area contributed by atoms with E-state index in [-0.39, 0.29) is 0 Å². The number of ether oxygens (including phenoxy) is 1. The van der Waals surface area contributed by atoms with Gasteiger partial charge < -0.3 is 4.74 Å². The average molecular weight is 325 g/mol. The zero-order valence-corrected chi connectivity index (χ0v) is 12.8.